The Kier molecular flexibility index (Phi) is 5.94. The highest BCUT2D eigenvalue weighted by molar-refractivity contribution is 5.48. The Labute approximate surface area is 149 Å². The largest absolute Gasteiger partial charge is 0.492 e. The molecule has 0 aliphatic heterocycles. The van der Waals surface area contributed by atoms with E-state index in [1.807, 2.05) is 54.6 Å². The molecule has 1 N–H and O–H groups in total. The summed E-state index contributed by atoms with van der Waals surface area (Å²) in [5, 5.41) is 3.36. The van der Waals surface area contributed by atoms with E-state index < -0.39 is 0 Å². The van der Waals surface area contributed by atoms with E-state index >= 15 is 0 Å². The molecule has 0 atom stereocenters. The van der Waals surface area contributed by atoms with Gasteiger partial charge < -0.3 is 14.8 Å². The van der Waals surface area contributed by atoms with Crippen molar-refractivity contribution >= 4 is 5.69 Å². The second kappa shape index (κ2) is 8.78. The molecule has 0 bridgehead atoms. The van der Waals surface area contributed by atoms with E-state index in [9.17, 15) is 0 Å². The van der Waals surface area contributed by atoms with E-state index in [4.69, 9.17) is 9.47 Å². The Hall–Kier alpha value is -2.94. The van der Waals surface area contributed by atoms with E-state index in [1.54, 1.807) is 0 Å². The lowest BCUT2D eigenvalue weighted by Crippen LogP contribution is -2.11. The van der Waals surface area contributed by atoms with Gasteiger partial charge in [0.05, 0.1) is 0 Å². The van der Waals surface area contributed by atoms with Crippen LogP contribution >= 0.6 is 0 Å². The van der Waals surface area contributed by atoms with Gasteiger partial charge in [0.1, 0.15) is 24.7 Å². The first-order chi connectivity index (χ1) is 12.3. The molecule has 0 amide bonds. The minimum Gasteiger partial charge on any atom is -0.492 e. The number of hydrogen-bond donors (Lipinski definition) is 1. The van der Waals surface area contributed by atoms with Gasteiger partial charge >= 0.3 is 0 Å². The molecule has 0 aromatic heterocycles. The highest BCUT2D eigenvalue weighted by Crippen LogP contribution is 2.18. The normalized spacial score (nSPS) is 10.3. The standard InChI is InChI=1S/C22H23NO2/c1-18-10-12-21(13-11-18)24-15-14-23-20-8-5-9-22(16-20)25-17-19-6-3-2-4-7-19/h2-13,16,23H,14-15,17H2,1H3. The van der Waals surface area contributed by atoms with E-state index in [-0.39, 0.29) is 0 Å². The van der Waals surface area contributed by atoms with Gasteiger partial charge in [0.25, 0.3) is 0 Å². The first-order valence-electron chi connectivity index (χ1n) is 8.50. The number of hydrogen-bond acceptors (Lipinski definition) is 3. The average molecular weight is 333 g/mol. The van der Waals surface area contributed by atoms with Crippen LogP contribution in [-0.4, -0.2) is 13.2 Å². The summed E-state index contributed by atoms with van der Waals surface area (Å²) in [4.78, 5) is 0. The number of benzene rings is 3. The van der Waals surface area contributed by atoms with Gasteiger partial charge in [-0.05, 0) is 36.8 Å². The third kappa shape index (κ3) is 5.57. The van der Waals surface area contributed by atoms with Crippen molar-refractivity contribution in [2.75, 3.05) is 18.5 Å². The summed E-state index contributed by atoms with van der Waals surface area (Å²) in [5.41, 5.74) is 3.42. The monoisotopic (exact) mass is 333 g/mol. The van der Waals surface area contributed by atoms with Crippen molar-refractivity contribution in [3.8, 4) is 11.5 Å². The number of anilines is 1. The fraction of sp³-hybridized carbons (Fsp3) is 0.182. The zero-order valence-electron chi connectivity index (χ0n) is 14.4. The predicted molar refractivity (Wildman–Crippen MR) is 102 cm³/mol. The third-order valence-electron chi connectivity index (χ3n) is 3.80. The van der Waals surface area contributed by atoms with Crippen molar-refractivity contribution in [3.05, 3.63) is 90.0 Å². The summed E-state index contributed by atoms with van der Waals surface area (Å²) >= 11 is 0. The fourth-order valence-corrected chi connectivity index (χ4v) is 2.44. The van der Waals surface area contributed by atoms with Gasteiger partial charge in [0.2, 0.25) is 0 Å². The predicted octanol–water partition coefficient (Wildman–Crippen LogP) is 5.06. The van der Waals surface area contributed by atoms with Crippen molar-refractivity contribution < 1.29 is 9.47 Å². The Morgan fingerprint density at radius 1 is 0.760 bits per heavy atom. The van der Waals surface area contributed by atoms with Gasteiger partial charge in [-0.2, -0.15) is 0 Å². The second-order valence-electron chi connectivity index (χ2n) is 5.89. The van der Waals surface area contributed by atoms with Gasteiger partial charge in [-0.15, -0.1) is 0 Å². The van der Waals surface area contributed by atoms with Crippen LogP contribution < -0.4 is 14.8 Å². The SMILES string of the molecule is Cc1ccc(OCCNc2cccc(OCc3ccccc3)c2)cc1. The summed E-state index contributed by atoms with van der Waals surface area (Å²) in [5.74, 6) is 1.75. The van der Waals surface area contributed by atoms with Crippen LogP contribution in [0.25, 0.3) is 0 Å². The summed E-state index contributed by atoms with van der Waals surface area (Å²) < 4.78 is 11.6. The van der Waals surface area contributed by atoms with Gasteiger partial charge in [-0.1, -0.05) is 54.1 Å². The van der Waals surface area contributed by atoms with Crippen LogP contribution in [0.2, 0.25) is 0 Å². The lowest BCUT2D eigenvalue weighted by Gasteiger charge is -2.11. The van der Waals surface area contributed by atoms with E-state index in [0.29, 0.717) is 13.2 Å². The van der Waals surface area contributed by atoms with Gasteiger partial charge in [0.15, 0.2) is 0 Å². The lowest BCUT2D eigenvalue weighted by atomic mass is 10.2. The zero-order valence-corrected chi connectivity index (χ0v) is 14.4. The first-order valence-corrected chi connectivity index (χ1v) is 8.50. The molecule has 3 rings (SSSR count). The van der Waals surface area contributed by atoms with Gasteiger partial charge in [-0.25, -0.2) is 0 Å². The van der Waals surface area contributed by atoms with E-state index in [2.05, 4.69) is 36.5 Å². The molecular formula is C22H23NO2. The number of ether oxygens (including phenoxy) is 2. The summed E-state index contributed by atoms with van der Waals surface area (Å²) in [6.07, 6.45) is 0. The molecule has 3 heteroatoms. The molecule has 0 unspecified atom stereocenters. The zero-order chi connectivity index (χ0) is 17.3. The number of nitrogens with one attached hydrogen (secondary N) is 1. The molecule has 3 aromatic carbocycles. The Balaban J connectivity index is 1.44. The maximum absolute atomic E-state index is 5.85. The van der Waals surface area contributed by atoms with Gasteiger partial charge in [0, 0.05) is 18.3 Å². The molecule has 128 valence electrons. The van der Waals surface area contributed by atoms with E-state index in [1.165, 1.54) is 5.56 Å². The molecule has 0 saturated carbocycles. The summed E-state index contributed by atoms with van der Waals surface area (Å²) in [7, 11) is 0. The lowest BCUT2D eigenvalue weighted by molar-refractivity contribution is 0.306. The molecule has 0 fully saturated rings. The maximum atomic E-state index is 5.85. The number of aryl methyl sites for hydroxylation is 1. The molecule has 0 heterocycles. The molecule has 0 aliphatic carbocycles. The highest BCUT2D eigenvalue weighted by Gasteiger charge is 1.99. The van der Waals surface area contributed by atoms with Gasteiger partial charge in [-0.3, -0.25) is 0 Å². The maximum Gasteiger partial charge on any atom is 0.121 e. The van der Waals surface area contributed by atoms with Crippen molar-refractivity contribution in [3.63, 3.8) is 0 Å². The van der Waals surface area contributed by atoms with Crippen LogP contribution in [-0.2, 0) is 6.61 Å². The minimum absolute atomic E-state index is 0.570. The summed E-state index contributed by atoms with van der Waals surface area (Å²) in [6.45, 7) is 3.98. The Morgan fingerprint density at radius 2 is 1.56 bits per heavy atom. The van der Waals surface area contributed by atoms with Crippen LogP contribution in [0.1, 0.15) is 11.1 Å². The van der Waals surface area contributed by atoms with Crippen LogP contribution in [0.4, 0.5) is 5.69 Å². The second-order valence-corrected chi connectivity index (χ2v) is 5.89. The van der Waals surface area contributed by atoms with Crippen molar-refractivity contribution in [1.82, 2.24) is 0 Å². The number of rotatable bonds is 8. The summed E-state index contributed by atoms with van der Waals surface area (Å²) in [6, 6.07) is 26.3. The molecular weight excluding hydrogens is 310 g/mol. The Bertz CT molecular complexity index is 770. The van der Waals surface area contributed by atoms with E-state index in [0.717, 1.165) is 29.3 Å². The van der Waals surface area contributed by atoms with Crippen molar-refractivity contribution in [1.29, 1.82) is 0 Å². The average Bonchev–Trinajstić information content (AvgIpc) is 2.66. The first kappa shape index (κ1) is 16.9. The molecule has 3 nitrogen and oxygen atoms in total. The third-order valence-corrected chi connectivity index (χ3v) is 3.80. The highest BCUT2D eigenvalue weighted by atomic mass is 16.5. The molecule has 0 spiro atoms. The Morgan fingerprint density at radius 3 is 2.36 bits per heavy atom. The topological polar surface area (TPSA) is 30.5 Å². The van der Waals surface area contributed by atoms with Crippen molar-refractivity contribution in [2.24, 2.45) is 0 Å². The fourth-order valence-electron chi connectivity index (χ4n) is 2.44. The molecule has 0 aliphatic rings. The van der Waals surface area contributed by atoms with Crippen molar-refractivity contribution in [2.45, 2.75) is 13.5 Å². The van der Waals surface area contributed by atoms with Crippen LogP contribution in [0, 0.1) is 6.92 Å². The van der Waals surface area contributed by atoms with Crippen LogP contribution in [0.5, 0.6) is 11.5 Å². The quantitative estimate of drug-likeness (QED) is 0.584. The molecule has 25 heavy (non-hydrogen) atoms. The minimum atomic E-state index is 0.570. The van der Waals surface area contributed by atoms with Crippen LogP contribution in [0.15, 0.2) is 78.9 Å². The molecule has 0 radical (unpaired) electrons. The molecule has 0 saturated heterocycles. The van der Waals surface area contributed by atoms with Crippen LogP contribution in [0.3, 0.4) is 0 Å². The smallest absolute Gasteiger partial charge is 0.121 e. The molecule has 3 aromatic rings.